The van der Waals surface area contributed by atoms with Gasteiger partial charge in [0, 0.05) is 23.7 Å². The highest BCUT2D eigenvalue weighted by molar-refractivity contribution is 6.41. The zero-order chi connectivity index (χ0) is 21.4. The molecule has 0 radical (unpaired) electrons. The first kappa shape index (κ1) is 21.0. The zero-order valence-electron chi connectivity index (χ0n) is 16.9. The van der Waals surface area contributed by atoms with E-state index >= 15 is 0 Å². The number of amides is 2. The van der Waals surface area contributed by atoms with Gasteiger partial charge in [0.05, 0.1) is 23.4 Å². The van der Waals surface area contributed by atoms with E-state index in [0.717, 1.165) is 25.9 Å². The van der Waals surface area contributed by atoms with E-state index in [1.54, 1.807) is 30.3 Å². The van der Waals surface area contributed by atoms with Gasteiger partial charge in [-0.15, -0.1) is 0 Å². The van der Waals surface area contributed by atoms with Crippen LogP contribution in [0.5, 0.6) is 0 Å². The molecule has 0 spiro atoms. The summed E-state index contributed by atoms with van der Waals surface area (Å²) in [5.74, 6) is -0.171. The monoisotopic (exact) mass is 447 g/mol. The molecule has 4 rings (SSSR count). The largest absolute Gasteiger partial charge is 0.467 e. The molecule has 0 saturated carbocycles. The first-order valence-corrected chi connectivity index (χ1v) is 10.6. The molecule has 2 aromatic rings. The van der Waals surface area contributed by atoms with Gasteiger partial charge in [-0.3, -0.25) is 14.5 Å². The van der Waals surface area contributed by atoms with Crippen molar-refractivity contribution in [2.45, 2.75) is 25.4 Å². The smallest absolute Gasteiger partial charge is 0.278 e. The molecule has 1 saturated heterocycles. The lowest BCUT2D eigenvalue weighted by molar-refractivity contribution is -0.138. The SMILES string of the molecule is CN1CCC(N(C)C2=C(c3ccc(Cl)cc3Cl)C(=O)N(Cc3ccco3)C2=O)CC1. The van der Waals surface area contributed by atoms with E-state index in [0.29, 0.717) is 32.6 Å². The van der Waals surface area contributed by atoms with E-state index < -0.39 is 0 Å². The Kier molecular flexibility index (Phi) is 5.91. The van der Waals surface area contributed by atoms with Gasteiger partial charge in [0.1, 0.15) is 11.5 Å². The van der Waals surface area contributed by atoms with Crippen molar-refractivity contribution in [3.05, 3.63) is 63.7 Å². The molecular formula is C22H23Cl2N3O3. The molecular weight excluding hydrogens is 425 g/mol. The van der Waals surface area contributed by atoms with E-state index in [1.165, 1.54) is 11.2 Å². The fraction of sp³-hybridized carbons (Fsp3) is 0.364. The summed E-state index contributed by atoms with van der Waals surface area (Å²) < 4.78 is 5.37. The molecule has 0 unspecified atom stereocenters. The van der Waals surface area contributed by atoms with Crippen LogP contribution >= 0.6 is 23.2 Å². The summed E-state index contributed by atoms with van der Waals surface area (Å²) in [6, 6.07) is 8.60. The lowest BCUT2D eigenvalue weighted by atomic mass is 10.00. The van der Waals surface area contributed by atoms with Gasteiger partial charge in [0.2, 0.25) is 0 Å². The minimum atomic E-state index is -0.379. The third kappa shape index (κ3) is 3.87. The van der Waals surface area contributed by atoms with Crippen LogP contribution in [0.4, 0.5) is 0 Å². The van der Waals surface area contributed by atoms with E-state index in [2.05, 4.69) is 11.9 Å². The highest BCUT2D eigenvalue weighted by Gasteiger charge is 2.43. The van der Waals surface area contributed by atoms with Crippen LogP contribution in [0.1, 0.15) is 24.2 Å². The van der Waals surface area contributed by atoms with E-state index in [-0.39, 0.29) is 24.4 Å². The molecule has 0 N–H and O–H groups in total. The number of furan rings is 1. The van der Waals surface area contributed by atoms with Crippen LogP contribution in [0, 0.1) is 0 Å². The zero-order valence-corrected chi connectivity index (χ0v) is 18.4. The Morgan fingerprint density at radius 3 is 2.50 bits per heavy atom. The summed E-state index contributed by atoms with van der Waals surface area (Å²) in [4.78, 5) is 32.3. The Hall–Kier alpha value is -2.28. The second-order valence-corrected chi connectivity index (χ2v) is 8.61. The van der Waals surface area contributed by atoms with Crippen molar-refractivity contribution in [2.24, 2.45) is 0 Å². The van der Waals surface area contributed by atoms with Gasteiger partial charge >= 0.3 is 0 Å². The van der Waals surface area contributed by atoms with Crippen LogP contribution in [0.15, 0.2) is 46.7 Å². The predicted molar refractivity (Wildman–Crippen MR) is 116 cm³/mol. The second kappa shape index (κ2) is 8.46. The Labute approximate surface area is 185 Å². The number of hydrogen-bond acceptors (Lipinski definition) is 5. The molecule has 0 bridgehead atoms. The Morgan fingerprint density at radius 2 is 1.87 bits per heavy atom. The van der Waals surface area contributed by atoms with Gasteiger partial charge < -0.3 is 14.2 Å². The highest BCUT2D eigenvalue weighted by atomic mass is 35.5. The van der Waals surface area contributed by atoms with Crippen LogP contribution in [-0.2, 0) is 16.1 Å². The fourth-order valence-corrected chi connectivity index (χ4v) is 4.60. The van der Waals surface area contributed by atoms with Crippen LogP contribution in [0.25, 0.3) is 5.57 Å². The van der Waals surface area contributed by atoms with Crippen LogP contribution in [0.2, 0.25) is 10.0 Å². The maximum Gasteiger partial charge on any atom is 0.278 e. The first-order chi connectivity index (χ1) is 14.4. The van der Waals surface area contributed by atoms with Gasteiger partial charge in [-0.1, -0.05) is 29.3 Å². The quantitative estimate of drug-likeness (QED) is 0.650. The summed E-state index contributed by atoms with van der Waals surface area (Å²) in [6.07, 6.45) is 3.35. The summed E-state index contributed by atoms with van der Waals surface area (Å²) in [5, 5.41) is 0.812. The lowest BCUT2D eigenvalue weighted by Gasteiger charge is -2.36. The lowest BCUT2D eigenvalue weighted by Crippen LogP contribution is -2.43. The number of nitrogens with zero attached hydrogens (tertiary/aromatic N) is 3. The van der Waals surface area contributed by atoms with Crippen molar-refractivity contribution in [1.82, 2.24) is 14.7 Å². The number of rotatable bonds is 5. The van der Waals surface area contributed by atoms with Gasteiger partial charge in [-0.2, -0.15) is 0 Å². The fourth-order valence-electron chi connectivity index (χ4n) is 4.09. The van der Waals surface area contributed by atoms with Crippen molar-refractivity contribution in [3.8, 4) is 0 Å². The molecule has 1 fully saturated rings. The summed E-state index contributed by atoms with van der Waals surface area (Å²) in [7, 11) is 3.97. The summed E-state index contributed by atoms with van der Waals surface area (Å²) in [6.45, 7) is 1.96. The van der Waals surface area contributed by atoms with Gasteiger partial charge in [0.15, 0.2) is 0 Å². The van der Waals surface area contributed by atoms with Crippen LogP contribution in [-0.4, -0.2) is 59.7 Å². The minimum Gasteiger partial charge on any atom is -0.467 e. The third-order valence-corrected chi connectivity index (χ3v) is 6.37. The van der Waals surface area contributed by atoms with Gasteiger partial charge in [-0.25, -0.2) is 0 Å². The number of hydrogen-bond donors (Lipinski definition) is 0. The van der Waals surface area contributed by atoms with Crippen molar-refractivity contribution < 1.29 is 14.0 Å². The Balaban J connectivity index is 1.75. The molecule has 1 aromatic carbocycles. The molecule has 2 aliphatic rings. The van der Waals surface area contributed by atoms with Gasteiger partial charge in [0.25, 0.3) is 11.8 Å². The predicted octanol–water partition coefficient (Wildman–Crippen LogP) is 3.89. The number of halogens is 2. The summed E-state index contributed by atoms with van der Waals surface area (Å²) in [5.41, 5.74) is 1.20. The Bertz CT molecular complexity index is 995. The van der Waals surface area contributed by atoms with Crippen molar-refractivity contribution in [1.29, 1.82) is 0 Å². The second-order valence-electron chi connectivity index (χ2n) is 7.77. The maximum absolute atomic E-state index is 13.4. The Morgan fingerprint density at radius 1 is 1.13 bits per heavy atom. The molecule has 3 heterocycles. The molecule has 30 heavy (non-hydrogen) atoms. The maximum atomic E-state index is 13.4. The molecule has 1 aromatic heterocycles. The third-order valence-electron chi connectivity index (χ3n) is 5.83. The molecule has 0 aliphatic carbocycles. The van der Waals surface area contributed by atoms with Gasteiger partial charge in [-0.05, 0) is 57.2 Å². The van der Waals surface area contributed by atoms with E-state index in [9.17, 15) is 9.59 Å². The average Bonchev–Trinajstić information content (AvgIpc) is 3.31. The minimum absolute atomic E-state index is 0.0735. The molecule has 2 amide bonds. The standard InChI is InChI=1S/C22H23Cl2N3O3/c1-25-9-7-15(8-10-25)26(2)20-19(17-6-5-14(23)12-18(17)24)21(28)27(22(20)29)13-16-4-3-11-30-16/h3-6,11-12,15H,7-10,13H2,1-2H3. The highest BCUT2D eigenvalue weighted by Crippen LogP contribution is 2.37. The van der Waals surface area contributed by atoms with Crippen LogP contribution < -0.4 is 0 Å². The number of piperidine rings is 1. The summed E-state index contributed by atoms with van der Waals surface area (Å²) >= 11 is 12.5. The average molecular weight is 448 g/mol. The molecule has 6 nitrogen and oxygen atoms in total. The number of carbonyl (C=O) groups excluding carboxylic acids is 2. The molecule has 2 aliphatic heterocycles. The first-order valence-electron chi connectivity index (χ1n) is 9.86. The van der Waals surface area contributed by atoms with Crippen LogP contribution in [0.3, 0.4) is 0 Å². The van der Waals surface area contributed by atoms with Crippen molar-refractivity contribution in [2.75, 3.05) is 27.2 Å². The van der Waals surface area contributed by atoms with E-state index in [4.69, 9.17) is 27.6 Å². The molecule has 8 heteroatoms. The van der Waals surface area contributed by atoms with Crippen molar-refractivity contribution in [3.63, 3.8) is 0 Å². The number of carbonyl (C=O) groups is 2. The number of benzene rings is 1. The molecule has 158 valence electrons. The normalized spacial score (nSPS) is 18.6. The van der Waals surface area contributed by atoms with Crippen molar-refractivity contribution >= 4 is 40.6 Å². The number of likely N-dealkylation sites (N-methyl/N-ethyl adjacent to an activating group) is 1. The van der Waals surface area contributed by atoms with E-state index in [1.807, 2.05) is 11.9 Å². The number of likely N-dealkylation sites (tertiary alicyclic amines) is 1. The molecule has 0 atom stereocenters. The topological polar surface area (TPSA) is 57.0 Å². The number of imide groups is 1.